The highest BCUT2D eigenvalue weighted by Crippen LogP contribution is 2.25. The fourth-order valence-electron chi connectivity index (χ4n) is 2.15. The molecule has 0 aliphatic heterocycles. The molecule has 0 saturated heterocycles. The van der Waals surface area contributed by atoms with Crippen molar-refractivity contribution < 1.29 is 22.7 Å². The van der Waals surface area contributed by atoms with Crippen LogP contribution in [0.5, 0.6) is 17.5 Å². The third-order valence-electron chi connectivity index (χ3n) is 3.42. The van der Waals surface area contributed by atoms with Gasteiger partial charge in [0.05, 0.1) is 22.3 Å². The van der Waals surface area contributed by atoms with Crippen molar-refractivity contribution in [3.8, 4) is 17.5 Å². The third-order valence-corrected chi connectivity index (χ3v) is 5.27. The molecule has 0 bridgehead atoms. The molecule has 8 nitrogen and oxygen atoms in total. The summed E-state index contributed by atoms with van der Waals surface area (Å²) < 4.78 is 35.0. The summed E-state index contributed by atoms with van der Waals surface area (Å²) >= 11 is 4.68. The molecule has 1 aromatic heterocycles. The molecule has 1 aromatic carbocycles. The number of sulfone groups is 1. The van der Waals surface area contributed by atoms with Gasteiger partial charge in [0.15, 0.2) is 14.9 Å². The Morgan fingerprint density at radius 1 is 1.21 bits per heavy atom. The minimum Gasteiger partial charge on any atom is -0.475 e. The van der Waals surface area contributed by atoms with Gasteiger partial charge < -0.3 is 15.2 Å². The molecule has 10 heteroatoms. The van der Waals surface area contributed by atoms with E-state index in [1.54, 1.807) is 6.92 Å². The van der Waals surface area contributed by atoms with Crippen LogP contribution in [-0.2, 0) is 9.84 Å². The average Bonchev–Trinajstić information content (AvgIpc) is 2.61. The number of carbonyl (C=O) groups excluding carboxylic acids is 1. The summed E-state index contributed by atoms with van der Waals surface area (Å²) in [6.07, 6.45) is -0.173. The number of nitrogens with two attached hydrogens (primary N) is 1. The second kappa shape index (κ2) is 8.98. The van der Waals surface area contributed by atoms with Gasteiger partial charge in [-0.2, -0.15) is 4.98 Å². The van der Waals surface area contributed by atoms with Crippen LogP contribution in [0.1, 0.15) is 31.1 Å². The lowest BCUT2D eigenvalue weighted by Crippen LogP contribution is -2.34. The Balaban J connectivity index is 2.33. The zero-order valence-corrected chi connectivity index (χ0v) is 17.3. The van der Waals surface area contributed by atoms with Crippen LogP contribution >= 0.6 is 12.2 Å². The molecule has 0 fully saturated rings. The molecular formula is C18H21N3O5S2. The van der Waals surface area contributed by atoms with E-state index in [1.165, 1.54) is 36.4 Å². The topological polar surface area (TPSA) is 121 Å². The number of hydrogen-bond donors (Lipinski definition) is 2. The largest absolute Gasteiger partial charge is 0.475 e. The lowest BCUT2D eigenvalue weighted by atomic mass is 10.2. The van der Waals surface area contributed by atoms with Gasteiger partial charge in [0.25, 0.3) is 5.91 Å². The molecule has 2 aromatic rings. The third kappa shape index (κ3) is 5.89. The lowest BCUT2D eigenvalue weighted by Gasteiger charge is -2.13. The number of rotatable bonds is 7. The van der Waals surface area contributed by atoms with Crippen LogP contribution in [0.3, 0.4) is 0 Å². The molecule has 0 radical (unpaired) electrons. The van der Waals surface area contributed by atoms with Gasteiger partial charge in [-0.15, -0.1) is 0 Å². The average molecular weight is 424 g/mol. The number of ether oxygens (including phenoxy) is 2. The highest BCUT2D eigenvalue weighted by Gasteiger charge is 2.15. The van der Waals surface area contributed by atoms with E-state index >= 15 is 0 Å². The van der Waals surface area contributed by atoms with Gasteiger partial charge >= 0.3 is 0 Å². The molecule has 1 heterocycles. The summed E-state index contributed by atoms with van der Waals surface area (Å²) in [5.74, 6) is 0.107. The number of aromatic nitrogens is 1. The Bertz CT molecular complexity index is 973. The monoisotopic (exact) mass is 423 g/mol. The molecule has 0 saturated carbocycles. The molecular weight excluding hydrogens is 402 g/mol. The van der Waals surface area contributed by atoms with Gasteiger partial charge in [-0.05, 0) is 50.3 Å². The molecule has 150 valence electrons. The summed E-state index contributed by atoms with van der Waals surface area (Å²) in [7, 11) is -3.31. The maximum atomic E-state index is 12.2. The van der Waals surface area contributed by atoms with E-state index in [0.717, 1.165) is 0 Å². The zero-order chi connectivity index (χ0) is 20.9. The fourth-order valence-corrected chi connectivity index (χ4v) is 3.13. The predicted molar refractivity (Wildman–Crippen MR) is 108 cm³/mol. The molecule has 0 aliphatic carbocycles. The van der Waals surface area contributed by atoms with Gasteiger partial charge in [-0.25, -0.2) is 8.42 Å². The maximum absolute atomic E-state index is 12.2. The summed E-state index contributed by atoms with van der Waals surface area (Å²) in [6, 6.07) is 8.75. The standard InChI is InChI=1S/C18H21N3O5S2/c1-4-28(23,24)14-7-5-13(6-8-14)26-16-10-12(17(22)21-18(19)27)9-15(20-16)25-11(2)3/h5-11H,4H2,1-3H3,(H3,19,21,22,27). The predicted octanol–water partition coefficient (Wildman–Crippen LogP) is 2.43. The molecule has 0 unspecified atom stereocenters. The van der Waals surface area contributed by atoms with Gasteiger partial charge in [0, 0.05) is 12.1 Å². The highest BCUT2D eigenvalue weighted by atomic mass is 32.2. The minimum absolute atomic E-state index is 0.00478. The van der Waals surface area contributed by atoms with Crippen LogP contribution < -0.4 is 20.5 Å². The number of nitrogens with one attached hydrogen (secondary N) is 1. The molecule has 28 heavy (non-hydrogen) atoms. The van der Waals surface area contributed by atoms with Crippen molar-refractivity contribution in [2.24, 2.45) is 5.73 Å². The first-order valence-electron chi connectivity index (χ1n) is 8.41. The second-order valence-corrected chi connectivity index (χ2v) is 8.71. The highest BCUT2D eigenvalue weighted by molar-refractivity contribution is 7.91. The van der Waals surface area contributed by atoms with Crippen LogP contribution in [0.4, 0.5) is 0 Å². The summed E-state index contributed by atoms with van der Waals surface area (Å²) in [5.41, 5.74) is 5.54. The van der Waals surface area contributed by atoms with E-state index in [1.807, 2.05) is 13.8 Å². The van der Waals surface area contributed by atoms with E-state index in [-0.39, 0.29) is 39.2 Å². The number of amides is 1. The first kappa shape index (κ1) is 21.6. The summed E-state index contributed by atoms with van der Waals surface area (Å²) in [6.45, 7) is 5.21. The minimum atomic E-state index is -3.31. The van der Waals surface area contributed by atoms with Gasteiger partial charge in [0.2, 0.25) is 11.8 Å². The van der Waals surface area contributed by atoms with Crippen molar-refractivity contribution in [1.82, 2.24) is 10.3 Å². The Labute approximate surface area is 169 Å². The first-order chi connectivity index (χ1) is 13.1. The van der Waals surface area contributed by atoms with Crippen molar-refractivity contribution in [2.75, 3.05) is 5.75 Å². The lowest BCUT2D eigenvalue weighted by molar-refractivity contribution is 0.0976. The molecule has 0 spiro atoms. The number of thiocarbonyl (C=S) groups is 1. The first-order valence-corrected chi connectivity index (χ1v) is 10.5. The van der Waals surface area contributed by atoms with Gasteiger partial charge in [-0.1, -0.05) is 6.92 Å². The number of pyridine rings is 1. The van der Waals surface area contributed by atoms with E-state index in [9.17, 15) is 13.2 Å². The molecule has 2 rings (SSSR count). The van der Waals surface area contributed by atoms with Crippen molar-refractivity contribution >= 4 is 33.1 Å². The number of hydrogen-bond acceptors (Lipinski definition) is 7. The van der Waals surface area contributed by atoms with Crippen LogP contribution in [0.2, 0.25) is 0 Å². The van der Waals surface area contributed by atoms with Crippen molar-refractivity contribution in [3.63, 3.8) is 0 Å². The number of carbonyl (C=O) groups is 1. The molecule has 3 N–H and O–H groups in total. The maximum Gasteiger partial charge on any atom is 0.257 e. The van der Waals surface area contributed by atoms with Crippen LogP contribution in [0.15, 0.2) is 41.3 Å². The molecule has 0 atom stereocenters. The second-order valence-electron chi connectivity index (χ2n) is 5.99. The Morgan fingerprint density at radius 3 is 2.36 bits per heavy atom. The number of nitrogens with zero attached hydrogens (tertiary/aromatic N) is 1. The fraction of sp³-hybridized carbons (Fsp3) is 0.278. The molecule has 1 amide bonds. The molecule has 0 aliphatic rings. The summed E-state index contributed by atoms with van der Waals surface area (Å²) in [4.78, 5) is 16.6. The van der Waals surface area contributed by atoms with Gasteiger partial charge in [-0.3, -0.25) is 10.1 Å². The van der Waals surface area contributed by atoms with Crippen molar-refractivity contribution in [2.45, 2.75) is 31.8 Å². The quantitative estimate of drug-likeness (QED) is 0.652. The van der Waals surface area contributed by atoms with Crippen molar-refractivity contribution in [3.05, 3.63) is 42.0 Å². The van der Waals surface area contributed by atoms with Crippen LogP contribution in [-0.4, -0.2) is 36.3 Å². The van der Waals surface area contributed by atoms with E-state index < -0.39 is 15.7 Å². The zero-order valence-electron chi connectivity index (χ0n) is 15.6. The van der Waals surface area contributed by atoms with E-state index in [2.05, 4.69) is 22.5 Å². The Kier molecular flexibility index (Phi) is 6.92. The van der Waals surface area contributed by atoms with E-state index in [0.29, 0.717) is 5.75 Å². The Morgan fingerprint density at radius 2 is 1.82 bits per heavy atom. The smallest absolute Gasteiger partial charge is 0.257 e. The van der Waals surface area contributed by atoms with Crippen molar-refractivity contribution in [1.29, 1.82) is 0 Å². The summed E-state index contributed by atoms with van der Waals surface area (Å²) in [5, 5.41) is 2.16. The Hall–Kier alpha value is -2.72. The normalized spacial score (nSPS) is 11.1. The van der Waals surface area contributed by atoms with E-state index in [4.69, 9.17) is 15.2 Å². The SMILES string of the molecule is CCS(=O)(=O)c1ccc(Oc2cc(C(=O)NC(N)=S)cc(OC(C)C)n2)cc1. The number of benzene rings is 1. The van der Waals surface area contributed by atoms with Crippen LogP contribution in [0, 0.1) is 0 Å². The van der Waals surface area contributed by atoms with Gasteiger partial charge in [0.1, 0.15) is 5.75 Å². The van der Waals surface area contributed by atoms with Crippen LogP contribution in [0.25, 0.3) is 0 Å².